The molecule has 2 aliphatic rings. The summed E-state index contributed by atoms with van der Waals surface area (Å²) in [5, 5.41) is 8.70. The predicted molar refractivity (Wildman–Crippen MR) is 77.4 cm³/mol. The molecule has 0 bridgehead atoms. The second kappa shape index (κ2) is 8.90. The number of aliphatic hydroxyl groups excluding tert-OH is 1. The number of piperidine rings is 1. The quantitative estimate of drug-likeness (QED) is 0.739. The number of nitrogens with zero attached hydrogens (tertiary/aromatic N) is 2. The normalized spacial score (nSPS) is 27.3. The lowest BCUT2D eigenvalue weighted by molar-refractivity contribution is 0.0499. The Balaban J connectivity index is 1.69. The summed E-state index contributed by atoms with van der Waals surface area (Å²) in [6.07, 6.45) is 8.30. The van der Waals surface area contributed by atoms with Gasteiger partial charge in [-0.05, 0) is 45.3 Å². The Labute approximate surface area is 117 Å². The largest absolute Gasteiger partial charge is 0.394 e. The maximum absolute atomic E-state index is 8.70. The van der Waals surface area contributed by atoms with E-state index in [2.05, 4.69) is 9.80 Å². The second-order valence-corrected chi connectivity index (χ2v) is 5.88. The average Bonchev–Trinajstić information content (AvgIpc) is 2.73. The lowest BCUT2D eigenvalue weighted by Gasteiger charge is -2.39. The van der Waals surface area contributed by atoms with Gasteiger partial charge in [0.2, 0.25) is 0 Å². The van der Waals surface area contributed by atoms with Crippen molar-refractivity contribution in [3.05, 3.63) is 0 Å². The van der Waals surface area contributed by atoms with Gasteiger partial charge in [-0.25, -0.2) is 0 Å². The Hall–Kier alpha value is -0.160. The van der Waals surface area contributed by atoms with Gasteiger partial charge in [-0.15, -0.1) is 0 Å². The van der Waals surface area contributed by atoms with Gasteiger partial charge in [0.1, 0.15) is 0 Å². The SMILES string of the molecule is OCCOCCN1CCCC(N2CCCCCC2)C1. The predicted octanol–water partition coefficient (Wildman–Crippen LogP) is 1.34. The van der Waals surface area contributed by atoms with E-state index in [0.29, 0.717) is 6.61 Å². The molecule has 0 radical (unpaired) electrons. The third-order valence-electron chi connectivity index (χ3n) is 4.43. The van der Waals surface area contributed by atoms with Crippen LogP contribution in [0.5, 0.6) is 0 Å². The molecule has 0 aromatic rings. The summed E-state index contributed by atoms with van der Waals surface area (Å²) in [5.74, 6) is 0. The Kier molecular flexibility index (Phi) is 7.14. The molecule has 1 unspecified atom stereocenters. The number of rotatable bonds is 6. The van der Waals surface area contributed by atoms with Crippen molar-refractivity contribution in [1.29, 1.82) is 0 Å². The zero-order chi connectivity index (χ0) is 13.3. The van der Waals surface area contributed by atoms with Gasteiger partial charge in [-0.2, -0.15) is 0 Å². The van der Waals surface area contributed by atoms with Crippen molar-refractivity contribution in [2.75, 3.05) is 52.5 Å². The van der Waals surface area contributed by atoms with E-state index >= 15 is 0 Å². The molecule has 4 heteroatoms. The molecule has 0 spiro atoms. The average molecular weight is 270 g/mol. The van der Waals surface area contributed by atoms with Crippen LogP contribution in [-0.2, 0) is 4.74 Å². The molecule has 2 heterocycles. The van der Waals surface area contributed by atoms with Crippen LogP contribution < -0.4 is 0 Å². The van der Waals surface area contributed by atoms with Gasteiger partial charge in [-0.1, -0.05) is 12.8 Å². The Morgan fingerprint density at radius 3 is 2.47 bits per heavy atom. The number of hydrogen-bond donors (Lipinski definition) is 1. The Morgan fingerprint density at radius 2 is 1.74 bits per heavy atom. The molecule has 2 fully saturated rings. The van der Waals surface area contributed by atoms with Crippen LogP contribution in [0.25, 0.3) is 0 Å². The standard InChI is InChI=1S/C15H30N2O2/c18-11-13-19-12-10-16-7-5-6-15(14-16)17-8-3-1-2-4-9-17/h15,18H,1-14H2. The zero-order valence-corrected chi connectivity index (χ0v) is 12.2. The van der Waals surface area contributed by atoms with Gasteiger partial charge in [0, 0.05) is 19.1 Å². The highest BCUT2D eigenvalue weighted by atomic mass is 16.5. The molecule has 0 aliphatic carbocycles. The number of ether oxygens (including phenoxy) is 1. The molecule has 0 aromatic carbocycles. The molecule has 2 aliphatic heterocycles. The smallest absolute Gasteiger partial charge is 0.0698 e. The monoisotopic (exact) mass is 270 g/mol. The first kappa shape index (κ1) is 15.2. The van der Waals surface area contributed by atoms with Crippen molar-refractivity contribution in [2.45, 2.75) is 44.6 Å². The van der Waals surface area contributed by atoms with Crippen LogP contribution in [0.3, 0.4) is 0 Å². The number of hydrogen-bond acceptors (Lipinski definition) is 4. The number of aliphatic hydroxyl groups is 1. The molecule has 112 valence electrons. The van der Waals surface area contributed by atoms with Crippen LogP contribution in [-0.4, -0.2) is 73.5 Å². The van der Waals surface area contributed by atoms with Gasteiger partial charge >= 0.3 is 0 Å². The second-order valence-electron chi connectivity index (χ2n) is 5.88. The first-order valence-corrected chi connectivity index (χ1v) is 8.05. The lowest BCUT2D eigenvalue weighted by atomic mass is 10.0. The molecular weight excluding hydrogens is 240 g/mol. The minimum absolute atomic E-state index is 0.135. The topological polar surface area (TPSA) is 35.9 Å². The van der Waals surface area contributed by atoms with E-state index in [1.165, 1.54) is 64.7 Å². The third kappa shape index (κ3) is 5.38. The van der Waals surface area contributed by atoms with Crippen molar-refractivity contribution in [2.24, 2.45) is 0 Å². The zero-order valence-electron chi connectivity index (χ0n) is 12.2. The first-order chi connectivity index (χ1) is 9.40. The van der Waals surface area contributed by atoms with Crippen LogP contribution in [0.1, 0.15) is 38.5 Å². The molecule has 1 atom stereocenters. The van der Waals surface area contributed by atoms with E-state index in [-0.39, 0.29) is 6.61 Å². The van der Waals surface area contributed by atoms with E-state index in [1.54, 1.807) is 0 Å². The fraction of sp³-hybridized carbons (Fsp3) is 1.00. The summed E-state index contributed by atoms with van der Waals surface area (Å²) in [6, 6.07) is 0.768. The number of likely N-dealkylation sites (tertiary alicyclic amines) is 2. The first-order valence-electron chi connectivity index (χ1n) is 8.05. The van der Waals surface area contributed by atoms with Gasteiger partial charge in [0.15, 0.2) is 0 Å². The molecule has 2 saturated heterocycles. The van der Waals surface area contributed by atoms with Crippen molar-refractivity contribution in [3.63, 3.8) is 0 Å². The van der Waals surface area contributed by atoms with E-state index in [1.807, 2.05) is 0 Å². The molecule has 2 rings (SSSR count). The van der Waals surface area contributed by atoms with Crippen LogP contribution in [0.15, 0.2) is 0 Å². The summed E-state index contributed by atoms with van der Waals surface area (Å²) in [6.45, 7) is 7.42. The van der Waals surface area contributed by atoms with Crippen LogP contribution in [0.4, 0.5) is 0 Å². The maximum atomic E-state index is 8.70. The van der Waals surface area contributed by atoms with Gasteiger partial charge in [0.25, 0.3) is 0 Å². The lowest BCUT2D eigenvalue weighted by Crippen LogP contribution is -2.49. The van der Waals surface area contributed by atoms with E-state index in [0.717, 1.165) is 19.2 Å². The minimum Gasteiger partial charge on any atom is -0.394 e. The van der Waals surface area contributed by atoms with Crippen molar-refractivity contribution < 1.29 is 9.84 Å². The molecule has 0 aromatic heterocycles. The molecular formula is C15H30N2O2. The molecule has 0 amide bonds. The molecule has 19 heavy (non-hydrogen) atoms. The van der Waals surface area contributed by atoms with E-state index < -0.39 is 0 Å². The van der Waals surface area contributed by atoms with E-state index in [4.69, 9.17) is 9.84 Å². The van der Waals surface area contributed by atoms with Crippen molar-refractivity contribution in [3.8, 4) is 0 Å². The van der Waals surface area contributed by atoms with Gasteiger partial charge < -0.3 is 9.84 Å². The fourth-order valence-corrected chi connectivity index (χ4v) is 3.35. The molecule has 0 saturated carbocycles. The summed E-state index contributed by atoms with van der Waals surface area (Å²) in [5.41, 5.74) is 0. The van der Waals surface area contributed by atoms with Crippen LogP contribution in [0.2, 0.25) is 0 Å². The maximum Gasteiger partial charge on any atom is 0.0698 e. The molecule has 1 N–H and O–H groups in total. The van der Waals surface area contributed by atoms with Gasteiger partial charge in [-0.3, -0.25) is 9.80 Å². The highest BCUT2D eigenvalue weighted by molar-refractivity contribution is 4.81. The van der Waals surface area contributed by atoms with Crippen LogP contribution >= 0.6 is 0 Å². The van der Waals surface area contributed by atoms with Crippen LogP contribution in [0, 0.1) is 0 Å². The Bertz CT molecular complexity index is 230. The summed E-state index contributed by atoms with van der Waals surface area (Å²) < 4.78 is 5.38. The highest BCUT2D eigenvalue weighted by Crippen LogP contribution is 2.19. The molecule has 4 nitrogen and oxygen atoms in total. The van der Waals surface area contributed by atoms with Crippen molar-refractivity contribution in [1.82, 2.24) is 9.80 Å². The minimum atomic E-state index is 0.135. The van der Waals surface area contributed by atoms with Gasteiger partial charge in [0.05, 0.1) is 19.8 Å². The summed E-state index contributed by atoms with van der Waals surface area (Å²) in [7, 11) is 0. The van der Waals surface area contributed by atoms with Crippen molar-refractivity contribution >= 4 is 0 Å². The highest BCUT2D eigenvalue weighted by Gasteiger charge is 2.25. The van der Waals surface area contributed by atoms with E-state index in [9.17, 15) is 0 Å². The summed E-state index contributed by atoms with van der Waals surface area (Å²) >= 11 is 0. The fourth-order valence-electron chi connectivity index (χ4n) is 3.35. The summed E-state index contributed by atoms with van der Waals surface area (Å²) in [4.78, 5) is 5.27. The Morgan fingerprint density at radius 1 is 0.947 bits per heavy atom. The third-order valence-corrected chi connectivity index (χ3v) is 4.43.